The summed E-state index contributed by atoms with van der Waals surface area (Å²) in [5, 5.41) is 8.75. The molecule has 3 rings (SSSR count). The van der Waals surface area contributed by atoms with Crippen LogP contribution in [-0.4, -0.2) is 29.8 Å². The molecule has 0 bridgehead atoms. The molecule has 1 aromatic carbocycles. The third-order valence-electron chi connectivity index (χ3n) is 4.22. The fraction of sp³-hybridized carbons (Fsp3) is 0.562. The summed E-state index contributed by atoms with van der Waals surface area (Å²) in [6, 6.07) is 6.26. The van der Waals surface area contributed by atoms with Crippen LogP contribution in [0.2, 0.25) is 0 Å². The second kappa shape index (κ2) is 6.25. The summed E-state index contributed by atoms with van der Waals surface area (Å²) in [7, 11) is 0. The molecule has 1 atom stereocenters. The summed E-state index contributed by atoms with van der Waals surface area (Å²) in [5.41, 5.74) is 0.00867. The molecule has 1 aromatic rings. The fourth-order valence-corrected chi connectivity index (χ4v) is 4.26. The molecule has 2 fully saturated rings. The molecule has 0 saturated carbocycles. The van der Waals surface area contributed by atoms with Gasteiger partial charge in [-0.3, -0.25) is 0 Å². The van der Waals surface area contributed by atoms with Crippen molar-refractivity contribution >= 4 is 11.8 Å². The molecular formula is C16H18FNO2S. The van der Waals surface area contributed by atoms with Crippen LogP contribution < -0.4 is 4.74 Å². The van der Waals surface area contributed by atoms with E-state index in [0.717, 1.165) is 37.2 Å². The highest BCUT2D eigenvalue weighted by molar-refractivity contribution is 7.99. The number of ether oxygens (including phenoxy) is 2. The van der Waals surface area contributed by atoms with Gasteiger partial charge in [-0.15, -0.1) is 0 Å². The van der Waals surface area contributed by atoms with Gasteiger partial charge in [0.25, 0.3) is 0 Å². The maximum absolute atomic E-state index is 13.6. The van der Waals surface area contributed by atoms with E-state index in [1.54, 1.807) is 6.07 Å². The van der Waals surface area contributed by atoms with Crippen molar-refractivity contribution < 1.29 is 13.9 Å². The summed E-state index contributed by atoms with van der Waals surface area (Å²) in [6.07, 6.45) is 3.90. The molecular weight excluding hydrogens is 289 g/mol. The molecule has 5 heteroatoms. The van der Waals surface area contributed by atoms with Crippen molar-refractivity contribution in [3.05, 3.63) is 29.6 Å². The van der Waals surface area contributed by atoms with Gasteiger partial charge in [0.15, 0.2) is 0 Å². The van der Waals surface area contributed by atoms with Crippen LogP contribution in [0, 0.1) is 17.1 Å². The van der Waals surface area contributed by atoms with E-state index in [9.17, 15) is 4.39 Å². The quantitative estimate of drug-likeness (QED) is 0.838. The van der Waals surface area contributed by atoms with Gasteiger partial charge in [-0.05, 0) is 36.5 Å². The molecule has 0 radical (unpaired) electrons. The van der Waals surface area contributed by atoms with Crippen molar-refractivity contribution in [3.63, 3.8) is 0 Å². The van der Waals surface area contributed by atoms with E-state index in [1.165, 1.54) is 12.1 Å². The lowest BCUT2D eigenvalue weighted by Crippen LogP contribution is -2.46. The van der Waals surface area contributed by atoms with Crippen LogP contribution in [0.15, 0.2) is 18.2 Å². The van der Waals surface area contributed by atoms with E-state index >= 15 is 0 Å². The van der Waals surface area contributed by atoms with Crippen LogP contribution in [0.4, 0.5) is 4.39 Å². The zero-order valence-corrected chi connectivity index (χ0v) is 12.6. The lowest BCUT2D eigenvalue weighted by molar-refractivity contribution is -0.116. The van der Waals surface area contributed by atoms with Gasteiger partial charge >= 0.3 is 0 Å². The Hall–Kier alpha value is -1.25. The molecule has 112 valence electrons. The Balaban J connectivity index is 1.67. The Morgan fingerprint density at radius 3 is 2.90 bits per heavy atom. The SMILES string of the molecule is N#Cc1ccc(OC2CCOC3(CCSCC3)C2)cc1F. The number of nitriles is 1. The lowest BCUT2D eigenvalue weighted by Gasteiger charge is -2.43. The van der Waals surface area contributed by atoms with Crippen molar-refractivity contribution in [2.24, 2.45) is 0 Å². The average molecular weight is 307 g/mol. The molecule has 0 N–H and O–H groups in total. The Kier molecular flexibility index (Phi) is 4.37. The van der Waals surface area contributed by atoms with Gasteiger partial charge in [0.2, 0.25) is 0 Å². The minimum atomic E-state index is -0.522. The van der Waals surface area contributed by atoms with E-state index in [1.807, 2.05) is 17.8 Å². The van der Waals surface area contributed by atoms with Crippen molar-refractivity contribution in [1.29, 1.82) is 5.26 Å². The molecule has 2 saturated heterocycles. The Morgan fingerprint density at radius 1 is 1.38 bits per heavy atom. The summed E-state index contributed by atoms with van der Waals surface area (Å²) in [5.74, 6) is 2.25. The molecule has 0 amide bonds. The first kappa shape index (κ1) is 14.7. The number of nitrogens with zero attached hydrogens (tertiary/aromatic N) is 1. The summed E-state index contributed by atoms with van der Waals surface area (Å²) >= 11 is 1.97. The third-order valence-corrected chi connectivity index (χ3v) is 5.20. The van der Waals surface area contributed by atoms with Gasteiger partial charge < -0.3 is 9.47 Å². The smallest absolute Gasteiger partial charge is 0.144 e. The Morgan fingerprint density at radius 2 is 2.19 bits per heavy atom. The van der Waals surface area contributed by atoms with Crippen molar-refractivity contribution in [2.45, 2.75) is 37.4 Å². The fourth-order valence-electron chi connectivity index (χ4n) is 3.03. The van der Waals surface area contributed by atoms with Crippen LogP contribution in [0.1, 0.15) is 31.2 Å². The second-order valence-corrected chi connectivity index (χ2v) is 6.85. The maximum Gasteiger partial charge on any atom is 0.144 e. The largest absolute Gasteiger partial charge is 0.490 e. The minimum absolute atomic E-state index is 0.0424. The number of hydrogen-bond donors (Lipinski definition) is 0. The van der Waals surface area contributed by atoms with Crippen LogP contribution in [0.25, 0.3) is 0 Å². The predicted molar refractivity (Wildman–Crippen MR) is 80.0 cm³/mol. The van der Waals surface area contributed by atoms with E-state index in [-0.39, 0.29) is 17.3 Å². The standard InChI is InChI=1S/C16H18FNO2S/c17-15-9-13(2-1-12(15)11-18)20-14-3-6-19-16(10-14)4-7-21-8-5-16/h1-2,9,14H,3-8,10H2. The zero-order valence-electron chi connectivity index (χ0n) is 11.8. The summed E-state index contributed by atoms with van der Waals surface area (Å²) < 4.78 is 25.6. The second-order valence-electron chi connectivity index (χ2n) is 5.63. The molecule has 2 aliphatic heterocycles. The number of halogens is 1. The Labute approximate surface area is 128 Å². The van der Waals surface area contributed by atoms with Crippen molar-refractivity contribution in [2.75, 3.05) is 18.1 Å². The van der Waals surface area contributed by atoms with Gasteiger partial charge in [-0.1, -0.05) is 0 Å². The molecule has 1 unspecified atom stereocenters. The predicted octanol–water partition coefficient (Wildman–Crippen LogP) is 3.52. The first-order chi connectivity index (χ1) is 10.2. The lowest BCUT2D eigenvalue weighted by atomic mass is 9.86. The van der Waals surface area contributed by atoms with Gasteiger partial charge in [0, 0.05) is 18.9 Å². The highest BCUT2D eigenvalue weighted by Gasteiger charge is 2.39. The Bertz CT molecular complexity index is 546. The van der Waals surface area contributed by atoms with E-state index < -0.39 is 5.82 Å². The number of rotatable bonds is 2. The van der Waals surface area contributed by atoms with Gasteiger partial charge in [-0.25, -0.2) is 4.39 Å². The van der Waals surface area contributed by atoms with Crippen LogP contribution in [0.3, 0.4) is 0 Å². The maximum atomic E-state index is 13.6. The average Bonchev–Trinajstić information content (AvgIpc) is 2.48. The van der Waals surface area contributed by atoms with E-state index in [2.05, 4.69) is 0 Å². The van der Waals surface area contributed by atoms with Gasteiger partial charge in [-0.2, -0.15) is 17.0 Å². The highest BCUT2D eigenvalue weighted by Crippen LogP contribution is 2.38. The van der Waals surface area contributed by atoms with Crippen LogP contribution in [0.5, 0.6) is 5.75 Å². The normalized spacial score (nSPS) is 24.5. The van der Waals surface area contributed by atoms with Gasteiger partial charge in [0.05, 0.1) is 17.8 Å². The molecule has 3 nitrogen and oxygen atoms in total. The number of hydrogen-bond acceptors (Lipinski definition) is 4. The molecule has 1 spiro atoms. The van der Waals surface area contributed by atoms with Gasteiger partial charge in [0.1, 0.15) is 23.7 Å². The molecule has 2 aliphatic rings. The summed E-state index contributed by atoms with van der Waals surface area (Å²) in [6.45, 7) is 0.702. The topological polar surface area (TPSA) is 42.2 Å². The summed E-state index contributed by atoms with van der Waals surface area (Å²) in [4.78, 5) is 0. The zero-order chi connectivity index (χ0) is 14.7. The molecule has 21 heavy (non-hydrogen) atoms. The monoisotopic (exact) mass is 307 g/mol. The van der Waals surface area contributed by atoms with E-state index in [0.29, 0.717) is 12.4 Å². The third kappa shape index (κ3) is 3.33. The minimum Gasteiger partial charge on any atom is -0.490 e. The molecule has 0 aliphatic carbocycles. The first-order valence-electron chi connectivity index (χ1n) is 7.29. The number of thioether (sulfide) groups is 1. The van der Waals surface area contributed by atoms with Crippen LogP contribution in [-0.2, 0) is 4.74 Å². The van der Waals surface area contributed by atoms with E-state index in [4.69, 9.17) is 14.7 Å². The highest BCUT2D eigenvalue weighted by atomic mass is 32.2. The number of benzene rings is 1. The first-order valence-corrected chi connectivity index (χ1v) is 8.44. The van der Waals surface area contributed by atoms with Crippen LogP contribution >= 0.6 is 11.8 Å². The van der Waals surface area contributed by atoms with Crippen molar-refractivity contribution in [1.82, 2.24) is 0 Å². The molecule has 0 aromatic heterocycles. The van der Waals surface area contributed by atoms with Crippen molar-refractivity contribution in [3.8, 4) is 11.8 Å². The molecule has 2 heterocycles.